The van der Waals surface area contributed by atoms with E-state index in [1.165, 1.54) is 0 Å². The summed E-state index contributed by atoms with van der Waals surface area (Å²) in [5, 5.41) is 19.8. The number of aliphatic carboxylic acids is 1. The van der Waals surface area contributed by atoms with E-state index in [-0.39, 0.29) is 5.84 Å². The van der Waals surface area contributed by atoms with Gasteiger partial charge in [-0.3, -0.25) is 15.0 Å². The van der Waals surface area contributed by atoms with E-state index in [0.717, 1.165) is 44.4 Å². The molecule has 170 valence electrons. The Morgan fingerprint density at radius 2 is 1.59 bits per heavy atom. The van der Waals surface area contributed by atoms with E-state index in [1.54, 1.807) is 24.3 Å². The molecule has 1 amide bonds. The van der Waals surface area contributed by atoms with Crippen LogP contribution in [-0.4, -0.2) is 34.3 Å². The molecule has 7 nitrogen and oxygen atoms in total. The maximum Gasteiger partial charge on any atom is 0.322 e. The number of aryl methyl sites for hydroxylation is 2. The first-order valence-electron chi connectivity index (χ1n) is 10.7. The number of amides is 1. The van der Waals surface area contributed by atoms with Crippen molar-refractivity contribution < 1.29 is 14.7 Å². The van der Waals surface area contributed by atoms with Crippen LogP contribution in [0.2, 0.25) is 0 Å². The Balaban J connectivity index is 1.74. The van der Waals surface area contributed by atoms with E-state index in [0.29, 0.717) is 11.1 Å². The van der Waals surface area contributed by atoms with Gasteiger partial charge in [0.1, 0.15) is 12.4 Å². The number of carbonyl (C=O) groups excluding carboxylic acids is 1. The van der Waals surface area contributed by atoms with Crippen LogP contribution in [0.5, 0.6) is 0 Å². The van der Waals surface area contributed by atoms with Gasteiger partial charge in [-0.25, -0.2) is 4.98 Å². The summed E-state index contributed by atoms with van der Waals surface area (Å²) < 4.78 is 0. The lowest BCUT2D eigenvalue weighted by atomic mass is 9.95. The van der Waals surface area contributed by atoms with Crippen molar-refractivity contribution >= 4 is 28.6 Å². The number of hydrogen-bond acceptors (Lipinski definition) is 4. The smallest absolute Gasteiger partial charge is 0.322 e. The SMILES string of the molecule is Cc1ccc(C(=O)NCC(=O)O)cc1-c1ccc2c(C)cc(-c3ccc(C(=N)N)cc3)nc2c1. The van der Waals surface area contributed by atoms with Gasteiger partial charge < -0.3 is 16.2 Å². The van der Waals surface area contributed by atoms with Gasteiger partial charge >= 0.3 is 5.97 Å². The van der Waals surface area contributed by atoms with Gasteiger partial charge in [0.15, 0.2) is 0 Å². The molecule has 0 bridgehead atoms. The summed E-state index contributed by atoms with van der Waals surface area (Å²) >= 11 is 0. The summed E-state index contributed by atoms with van der Waals surface area (Å²) in [6.45, 7) is 3.57. The molecule has 1 aromatic heterocycles. The number of nitrogen functional groups attached to an aromatic ring is 1. The number of fused-ring (bicyclic) bond motifs is 1. The molecule has 0 aliphatic carbocycles. The number of nitrogens with zero attached hydrogens (tertiary/aromatic N) is 1. The number of pyridine rings is 1. The molecule has 0 radical (unpaired) electrons. The fraction of sp³-hybridized carbons (Fsp3) is 0.111. The van der Waals surface area contributed by atoms with Crippen molar-refractivity contribution in [1.82, 2.24) is 10.3 Å². The zero-order valence-electron chi connectivity index (χ0n) is 18.8. The zero-order valence-corrected chi connectivity index (χ0v) is 18.8. The molecule has 0 atom stereocenters. The minimum Gasteiger partial charge on any atom is -0.480 e. The van der Waals surface area contributed by atoms with Crippen molar-refractivity contribution in [3.05, 3.63) is 89.0 Å². The zero-order chi connectivity index (χ0) is 24.4. The van der Waals surface area contributed by atoms with Gasteiger partial charge in [0, 0.05) is 22.1 Å². The molecule has 0 saturated carbocycles. The van der Waals surface area contributed by atoms with Gasteiger partial charge in [0.05, 0.1) is 11.2 Å². The average Bonchev–Trinajstić information content (AvgIpc) is 2.82. The molecule has 0 unspecified atom stereocenters. The third kappa shape index (κ3) is 4.63. The minimum atomic E-state index is -1.09. The number of nitrogens with two attached hydrogens (primary N) is 1. The van der Waals surface area contributed by atoms with Crippen LogP contribution >= 0.6 is 0 Å². The number of carboxylic acids is 1. The van der Waals surface area contributed by atoms with Crippen molar-refractivity contribution in [2.75, 3.05) is 6.54 Å². The van der Waals surface area contributed by atoms with E-state index >= 15 is 0 Å². The van der Waals surface area contributed by atoms with Gasteiger partial charge in [0.25, 0.3) is 5.91 Å². The highest BCUT2D eigenvalue weighted by Gasteiger charge is 2.12. The van der Waals surface area contributed by atoms with Gasteiger partial charge in [-0.15, -0.1) is 0 Å². The summed E-state index contributed by atoms with van der Waals surface area (Å²) in [6.07, 6.45) is 0. The molecule has 0 spiro atoms. The Morgan fingerprint density at radius 3 is 2.26 bits per heavy atom. The highest BCUT2D eigenvalue weighted by molar-refractivity contribution is 5.98. The number of aromatic nitrogens is 1. The lowest BCUT2D eigenvalue weighted by molar-refractivity contribution is -0.135. The van der Waals surface area contributed by atoms with Crippen LogP contribution in [0.1, 0.15) is 27.0 Å². The standard InChI is InChI=1S/C27H24N4O3/c1-15-3-4-20(27(34)30-14-25(32)33)12-22(15)19-9-10-21-16(2)11-23(31-24(21)13-19)17-5-7-18(8-6-17)26(28)29/h3-13H,14H2,1-2H3,(H3,28,29)(H,30,34)(H,32,33). The second kappa shape index (κ2) is 9.15. The van der Waals surface area contributed by atoms with E-state index < -0.39 is 18.4 Å². The van der Waals surface area contributed by atoms with Crippen LogP contribution in [0.4, 0.5) is 0 Å². The molecule has 1 heterocycles. The van der Waals surface area contributed by atoms with Crippen LogP contribution in [0.15, 0.2) is 66.7 Å². The summed E-state index contributed by atoms with van der Waals surface area (Å²) in [5.74, 6) is -1.51. The number of carbonyl (C=O) groups is 2. The minimum absolute atomic E-state index is 0.0214. The van der Waals surface area contributed by atoms with E-state index in [1.807, 2.05) is 56.3 Å². The quantitative estimate of drug-likeness (QED) is 0.256. The van der Waals surface area contributed by atoms with Gasteiger partial charge in [0.2, 0.25) is 0 Å². The van der Waals surface area contributed by atoms with Gasteiger partial charge in [-0.05, 0) is 60.4 Å². The van der Waals surface area contributed by atoms with Crippen molar-refractivity contribution in [2.24, 2.45) is 5.73 Å². The molecule has 4 aromatic rings. The van der Waals surface area contributed by atoms with Crippen LogP contribution in [0.3, 0.4) is 0 Å². The Morgan fingerprint density at radius 1 is 0.912 bits per heavy atom. The van der Waals surface area contributed by atoms with Crippen LogP contribution in [0, 0.1) is 19.3 Å². The Hall–Kier alpha value is -4.52. The molecule has 0 fully saturated rings. The van der Waals surface area contributed by atoms with E-state index in [9.17, 15) is 9.59 Å². The lowest BCUT2D eigenvalue weighted by Gasteiger charge is -2.12. The Labute approximate surface area is 196 Å². The van der Waals surface area contributed by atoms with Crippen LogP contribution in [0.25, 0.3) is 33.3 Å². The van der Waals surface area contributed by atoms with Crippen LogP contribution in [-0.2, 0) is 4.79 Å². The molecule has 4 rings (SSSR count). The third-order valence-corrected chi connectivity index (χ3v) is 5.72. The molecule has 0 saturated heterocycles. The summed E-state index contributed by atoms with van der Waals surface area (Å²) in [4.78, 5) is 28.0. The summed E-state index contributed by atoms with van der Waals surface area (Å²) in [7, 11) is 0. The maximum atomic E-state index is 12.4. The second-order valence-electron chi connectivity index (χ2n) is 8.15. The maximum absolute atomic E-state index is 12.4. The number of benzene rings is 3. The number of hydrogen-bond donors (Lipinski definition) is 4. The first-order valence-corrected chi connectivity index (χ1v) is 10.7. The molecule has 34 heavy (non-hydrogen) atoms. The van der Waals surface area contributed by atoms with Crippen molar-refractivity contribution in [3.63, 3.8) is 0 Å². The number of amidine groups is 1. The average molecular weight is 453 g/mol. The molecular weight excluding hydrogens is 428 g/mol. The Kier molecular flexibility index (Phi) is 6.10. The molecule has 0 aliphatic rings. The predicted molar refractivity (Wildman–Crippen MR) is 133 cm³/mol. The van der Waals surface area contributed by atoms with E-state index in [4.69, 9.17) is 21.2 Å². The highest BCUT2D eigenvalue weighted by Crippen LogP contribution is 2.30. The topological polar surface area (TPSA) is 129 Å². The molecule has 3 aromatic carbocycles. The fourth-order valence-corrected chi connectivity index (χ4v) is 3.87. The number of carboxylic acid groups (broad SMARTS) is 1. The molecular formula is C27H24N4O3. The molecule has 0 aliphatic heterocycles. The van der Waals surface area contributed by atoms with Gasteiger partial charge in [-0.1, -0.05) is 42.5 Å². The molecule has 7 heteroatoms. The fourth-order valence-electron chi connectivity index (χ4n) is 3.87. The normalized spacial score (nSPS) is 10.8. The van der Waals surface area contributed by atoms with Gasteiger partial charge in [-0.2, -0.15) is 0 Å². The van der Waals surface area contributed by atoms with Crippen molar-refractivity contribution in [1.29, 1.82) is 5.41 Å². The second-order valence-corrected chi connectivity index (χ2v) is 8.15. The monoisotopic (exact) mass is 452 g/mol. The summed E-state index contributed by atoms with van der Waals surface area (Å²) in [5.41, 5.74) is 13.0. The predicted octanol–water partition coefficient (Wildman–Crippen LogP) is 4.28. The number of rotatable bonds is 6. The molecule has 5 N–H and O–H groups in total. The van der Waals surface area contributed by atoms with E-state index in [2.05, 4.69) is 5.32 Å². The number of nitrogens with one attached hydrogen (secondary N) is 2. The third-order valence-electron chi connectivity index (χ3n) is 5.72. The highest BCUT2D eigenvalue weighted by atomic mass is 16.4. The Bertz CT molecular complexity index is 1440. The first-order chi connectivity index (χ1) is 16.2. The largest absolute Gasteiger partial charge is 0.480 e. The van der Waals surface area contributed by atoms with Crippen LogP contribution < -0.4 is 11.1 Å². The lowest BCUT2D eigenvalue weighted by Crippen LogP contribution is -2.29. The van der Waals surface area contributed by atoms with Crippen molar-refractivity contribution in [2.45, 2.75) is 13.8 Å². The van der Waals surface area contributed by atoms with Crippen molar-refractivity contribution in [3.8, 4) is 22.4 Å². The first kappa shape index (κ1) is 22.7. The summed E-state index contributed by atoms with van der Waals surface area (Å²) in [6, 6.07) is 20.8.